The van der Waals surface area contributed by atoms with Crippen molar-refractivity contribution < 1.29 is 4.79 Å². The van der Waals surface area contributed by atoms with E-state index >= 15 is 0 Å². The average Bonchev–Trinajstić information content (AvgIpc) is 2.92. The van der Waals surface area contributed by atoms with Gasteiger partial charge in [0.2, 0.25) is 0 Å². The maximum Gasteiger partial charge on any atom is 0.194 e. The van der Waals surface area contributed by atoms with Crippen molar-refractivity contribution in [2.24, 2.45) is 0 Å². The third-order valence-electron chi connectivity index (χ3n) is 3.44. The molecule has 2 heterocycles. The summed E-state index contributed by atoms with van der Waals surface area (Å²) >= 11 is 6.85. The number of ketones is 1. The summed E-state index contributed by atoms with van der Waals surface area (Å²) < 4.78 is 0.884. The minimum atomic E-state index is -0.727. The lowest BCUT2D eigenvalue weighted by molar-refractivity contribution is 0.0982. The first-order chi connectivity index (χ1) is 10.2. The van der Waals surface area contributed by atoms with E-state index in [1.165, 1.54) is 10.4 Å². The maximum absolute atomic E-state index is 12.7. The molecule has 1 aromatic heterocycles. The van der Waals surface area contributed by atoms with Crippen molar-refractivity contribution in [3.63, 3.8) is 0 Å². The highest BCUT2D eigenvalue weighted by Crippen LogP contribution is 2.34. The van der Waals surface area contributed by atoms with Gasteiger partial charge in [-0.05, 0) is 41.5 Å². The van der Waals surface area contributed by atoms with Gasteiger partial charge in [-0.1, -0.05) is 28.1 Å². The molecule has 2 aromatic rings. The zero-order valence-corrected chi connectivity index (χ0v) is 14.4. The molecular weight excluding hydrogens is 366 g/mol. The number of hydrogen-bond acceptors (Lipinski definition) is 4. The fraction of sp³-hybridized carbons (Fsp3) is 0.250. The number of hydrogen-bond donors (Lipinski definition) is 0. The number of rotatable bonds is 3. The number of nitriles is 1. The number of thiophene rings is 1. The highest BCUT2D eigenvalue weighted by molar-refractivity contribution is 9.10. The molecular formula is C16H12BrNOS2. The van der Waals surface area contributed by atoms with Crippen LogP contribution in [0.25, 0.3) is 0 Å². The Labute approximate surface area is 140 Å². The first-order valence-corrected chi connectivity index (χ1v) is 9.34. The molecule has 1 aliphatic rings. The van der Waals surface area contributed by atoms with Crippen LogP contribution in [0.4, 0.5) is 0 Å². The summed E-state index contributed by atoms with van der Waals surface area (Å²) in [5, 5.41) is 9.42. The second-order valence-electron chi connectivity index (χ2n) is 4.84. The van der Waals surface area contributed by atoms with Gasteiger partial charge >= 0.3 is 0 Å². The molecule has 2 nitrogen and oxygen atoms in total. The molecule has 1 atom stereocenters. The van der Waals surface area contributed by atoms with E-state index < -0.39 is 5.92 Å². The lowest BCUT2D eigenvalue weighted by atomic mass is 9.95. The molecule has 0 bridgehead atoms. The molecule has 3 rings (SSSR count). The van der Waals surface area contributed by atoms with E-state index in [1.54, 1.807) is 11.3 Å². The molecule has 1 unspecified atom stereocenters. The van der Waals surface area contributed by atoms with Crippen LogP contribution in [0.2, 0.25) is 0 Å². The summed E-state index contributed by atoms with van der Waals surface area (Å²) in [6.45, 7) is 0. The normalized spacial score (nSPS) is 15.0. The summed E-state index contributed by atoms with van der Waals surface area (Å²) in [5.41, 5.74) is 2.02. The second kappa shape index (κ2) is 6.35. The van der Waals surface area contributed by atoms with E-state index in [9.17, 15) is 10.1 Å². The Hall–Kier alpha value is -1.09. The van der Waals surface area contributed by atoms with E-state index in [-0.39, 0.29) is 5.78 Å². The summed E-state index contributed by atoms with van der Waals surface area (Å²) in [7, 11) is 0. The quantitative estimate of drug-likeness (QED) is 0.721. The summed E-state index contributed by atoms with van der Waals surface area (Å²) in [6, 6.07) is 11.6. The van der Waals surface area contributed by atoms with Gasteiger partial charge in [-0.15, -0.1) is 11.3 Å². The second-order valence-corrected chi connectivity index (χ2v) is 8.00. The van der Waals surface area contributed by atoms with Crippen molar-refractivity contribution in [1.82, 2.24) is 0 Å². The number of nitrogens with zero attached hydrogens (tertiary/aromatic N) is 1. The Bertz CT molecular complexity index is 709. The fourth-order valence-corrected chi connectivity index (χ4v) is 5.14. The van der Waals surface area contributed by atoms with Gasteiger partial charge in [0.05, 0.1) is 10.9 Å². The topological polar surface area (TPSA) is 40.9 Å². The number of fused-ring (bicyclic) bond motifs is 1. The van der Waals surface area contributed by atoms with Gasteiger partial charge in [0.15, 0.2) is 5.78 Å². The molecule has 0 saturated carbocycles. The Kier molecular flexibility index (Phi) is 4.48. The molecule has 5 heteroatoms. The van der Waals surface area contributed by atoms with Crippen LogP contribution in [0.3, 0.4) is 0 Å². The fourth-order valence-electron chi connectivity index (χ4n) is 2.38. The summed E-state index contributed by atoms with van der Waals surface area (Å²) in [6.07, 6.45) is 1.03. The van der Waals surface area contributed by atoms with Crippen LogP contribution >= 0.6 is 39.0 Å². The molecule has 0 aliphatic carbocycles. The molecule has 1 aliphatic heterocycles. The van der Waals surface area contributed by atoms with Crippen molar-refractivity contribution >= 4 is 44.8 Å². The van der Waals surface area contributed by atoms with Crippen LogP contribution in [-0.4, -0.2) is 11.5 Å². The van der Waals surface area contributed by atoms with Gasteiger partial charge in [0, 0.05) is 15.1 Å². The predicted molar refractivity (Wildman–Crippen MR) is 91.0 cm³/mol. The summed E-state index contributed by atoms with van der Waals surface area (Å²) in [4.78, 5) is 14.7. The van der Waals surface area contributed by atoms with E-state index in [1.807, 2.05) is 42.1 Å². The number of Topliss-reactive ketones (excluding diaryl/α,β-unsaturated/α-hetero) is 1. The number of benzene rings is 1. The van der Waals surface area contributed by atoms with Gasteiger partial charge in [-0.25, -0.2) is 0 Å². The Morgan fingerprint density at radius 2 is 2.24 bits per heavy atom. The first kappa shape index (κ1) is 14.8. The standard InChI is InChI=1S/C16H12BrNOS2/c17-12-3-1-2-10(6-12)13(8-18)16(19)15-7-11-9-20-5-4-14(11)21-15/h1-3,6-7,13H,4-5,9H2. The van der Waals surface area contributed by atoms with Gasteiger partial charge in [-0.3, -0.25) is 4.79 Å². The largest absolute Gasteiger partial charge is 0.291 e. The predicted octanol–water partition coefficient (Wildman–Crippen LogP) is 4.79. The molecule has 1 aromatic carbocycles. The summed E-state index contributed by atoms with van der Waals surface area (Å²) in [5.74, 6) is 1.29. The average molecular weight is 378 g/mol. The molecule has 0 saturated heterocycles. The van der Waals surface area contributed by atoms with Crippen molar-refractivity contribution in [2.45, 2.75) is 18.1 Å². The van der Waals surface area contributed by atoms with Gasteiger partial charge in [0.25, 0.3) is 0 Å². The Balaban J connectivity index is 1.92. The van der Waals surface area contributed by atoms with Crippen LogP contribution in [0, 0.1) is 11.3 Å². The molecule has 21 heavy (non-hydrogen) atoms. The van der Waals surface area contributed by atoms with Crippen LogP contribution in [0.1, 0.15) is 31.6 Å². The molecule has 0 fully saturated rings. The van der Waals surface area contributed by atoms with E-state index in [0.717, 1.165) is 28.0 Å². The van der Waals surface area contributed by atoms with E-state index in [2.05, 4.69) is 22.0 Å². The SMILES string of the molecule is N#CC(C(=O)c1cc2c(s1)CCSC2)c1cccc(Br)c1. The molecule has 0 N–H and O–H groups in total. The van der Waals surface area contributed by atoms with Crippen molar-refractivity contribution in [3.8, 4) is 6.07 Å². The van der Waals surface area contributed by atoms with Crippen LogP contribution < -0.4 is 0 Å². The lowest BCUT2D eigenvalue weighted by Crippen LogP contribution is -2.09. The highest BCUT2D eigenvalue weighted by atomic mass is 79.9. The third-order valence-corrected chi connectivity index (χ3v) is 6.20. The number of aryl methyl sites for hydroxylation is 1. The van der Waals surface area contributed by atoms with E-state index in [0.29, 0.717) is 4.88 Å². The molecule has 0 radical (unpaired) electrons. The Morgan fingerprint density at radius 1 is 1.38 bits per heavy atom. The monoisotopic (exact) mass is 377 g/mol. The Morgan fingerprint density at radius 3 is 2.95 bits per heavy atom. The van der Waals surface area contributed by atoms with E-state index in [4.69, 9.17) is 0 Å². The van der Waals surface area contributed by atoms with Gasteiger partial charge in [-0.2, -0.15) is 17.0 Å². The van der Waals surface area contributed by atoms with Gasteiger partial charge < -0.3 is 0 Å². The number of carbonyl (C=O) groups is 1. The molecule has 106 valence electrons. The van der Waals surface area contributed by atoms with Crippen molar-refractivity contribution in [2.75, 3.05) is 5.75 Å². The minimum absolute atomic E-state index is 0.0833. The third kappa shape index (κ3) is 3.08. The molecule has 0 spiro atoms. The van der Waals surface area contributed by atoms with Crippen LogP contribution in [0.15, 0.2) is 34.8 Å². The van der Waals surface area contributed by atoms with Crippen LogP contribution in [0.5, 0.6) is 0 Å². The number of halogens is 1. The van der Waals surface area contributed by atoms with Crippen LogP contribution in [-0.2, 0) is 12.2 Å². The molecule has 0 amide bonds. The smallest absolute Gasteiger partial charge is 0.194 e. The number of carbonyl (C=O) groups excluding carboxylic acids is 1. The van der Waals surface area contributed by atoms with Gasteiger partial charge in [0.1, 0.15) is 5.92 Å². The van der Waals surface area contributed by atoms with Crippen molar-refractivity contribution in [1.29, 1.82) is 5.26 Å². The lowest BCUT2D eigenvalue weighted by Gasteiger charge is -2.08. The first-order valence-electron chi connectivity index (χ1n) is 6.57. The number of thioether (sulfide) groups is 1. The highest BCUT2D eigenvalue weighted by Gasteiger charge is 2.25. The zero-order valence-electron chi connectivity index (χ0n) is 11.1. The zero-order chi connectivity index (χ0) is 14.8. The minimum Gasteiger partial charge on any atom is -0.291 e. The van der Waals surface area contributed by atoms with Crippen molar-refractivity contribution in [3.05, 3.63) is 55.7 Å². The maximum atomic E-state index is 12.7.